The highest BCUT2D eigenvalue weighted by molar-refractivity contribution is 5.73. The number of hydrogen-bond acceptors (Lipinski definition) is 5. The molecule has 0 N–H and O–H groups in total. The largest absolute Gasteiger partial charge is 0.464 e. The molecule has 0 bridgehead atoms. The van der Waals surface area contributed by atoms with E-state index in [0.29, 0.717) is 18.4 Å². The van der Waals surface area contributed by atoms with E-state index in [1.54, 1.807) is 0 Å². The Hall–Kier alpha value is -1.10. The van der Waals surface area contributed by atoms with Crippen molar-refractivity contribution >= 4 is 11.9 Å². The van der Waals surface area contributed by atoms with Crippen molar-refractivity contribution in [2.45, 2.75) is 60.0 Å². The van der Waals surface area contributed by atoms with Gasteiger partial charge in [-0.3, -0.25) is 0 Å². The average molecular weight is 302 g/mol. The van der Waals surface area contributed by atoms with E-state index in [1.807, 2.05) is 20.8 Å². The Morgan fingerprint density at radius 1 is 1.00 bits per heavy atom. The minimum Gasteiger partial charge on any atom is -0.464 e. The van der Waals surface area contributed by atoms with Crippen molar-refractivity contribution in [3.05, 3.63) is 0 Å². The highest BCUT2D eigenvalue weighted by Crippen LogP contribution is 2.10. The summed E-state index contributed by atoms with van der Waals surface area (Å²) in [6, 6.07) is 0. The van der Waals surface area contributed by atoms with E-state index in [-0.39, 0.29) is 19.3 Å². The maximum Gasteiger partial charge on any atom is 0.332 e. The molecule has 0 aromatic rings. The minimum absolute atomic E-state index is 0.144. The molecular formula is C16H30O5. The summed E-state index contributed by atoms with van der Waals surface area (Å²) in [6.45, 7) is 10.1. The standard InChI is InChI=1S/C16H30O5/c1-6-13(4)14(5)21-16(18)11-19-10-15(17)20-9-7-8-12(2)3/h12-14H,6-11H2,1-5H3. The van der Waals surface area contributed by atoms with Crippen molar-refractivity contribution in [3.8, 4) is 0 Å². The number of carbonyl (C=O) groups excluding carboxylic acids is 2. The Morgan fingerprint density at radius 3 is 2.19 bits per heavy atom. The quantitative estimate of drug-likeness (QED) is 0.434. The molecule has 0 rings (SSSR count). The Morgan fingerprint density at radius 2 is 1.62 bits per heavy atom. The van der Waals surface area contributed by atoms with E-state index in [0.717, 1.165) is 19.3 Å². The van der Waals surface area contributed by atoms with Gasteiger partial charge in [0, 0.05) is 0 Å². The fraction of sp³-hybridized carbons (Fsp3) is 0.875. The van der Waals surface area contributed by atoms with E-state index in [2.05, 4.69) is 13.8 Å². The van der Waals surface area contributed by atoms with Gasteiger partial charge < -0.3 is 14.2 Å². The summed E-state index contributed by atoms with van der Waals surface area (Å²) in [4.78, 5) is 22.8. The Bertz CT molecular complexity index is 301. The fourth-order valence-corrected chi connectivity index (χ4v) is 1.63. The summed E-state index contributed by atoms with van der Waals surface area (Å²) < 4.78 is 15.2. The van der Waals surface area contributed by atoms with Crippen LogP contribution in [-0.4, -0.2) is 37.9 Å². The normalized spacial score (nSPS) is 13.8. The zero-order valence-electron chi connectivity index (χ0n) is 14.0. The van der Waals surface area contributed by atoms with Crippen LogP contribution in [0.15, 0.2) is 0 Å². The molecule has 5 heteroatoms. The molecule has 0 radical (unpaired) electrons. The van der Waals surface area contributed by atoms with Crippen LogP contribution in [0.5, 0.6) is 0 Å². The number of esters is 2. The Balaban J connectivity index is 3.64. The van der Waals surface area contributed by atoms with Crippen molar-refractivity contribution in [1.82, 2.24) is 0 Å². The zero-order chi connectivity index (χ0) is 16.3. The number of ether oxygens (including phenoxy) is 3. The van der Waals surface area contributed by atoms with Crippen LogP contribution in [0.25, 0.3) is 0 Å². The molecule has 21 heavy (non-hydrogen) atoms. The van der Waals surface area contributed by atoms with Crippen LogP contribution in [0.4, 0.5) is 0 Å². The van der Waals surface area contributed by atoms with Crippen molar-refractivity contribution in [2.75, 3.05) is 19.8 Å². The number of carbonyl (C=O) groups is 2. The Kier molecular flexibility index (Phi) is 10.9. The lowest BCUT2D eigenvalue weighted by Crippen LogP contribution is -2.25. The molecule has 0 saturated heterocycles. The van der Waals surface area contributed by atoms with Crippen LogP contribution in [0, 0.1) is 11.8 Å². The molecule has 0 aliphatic rings. The van der Waals surface area contributed by atoms with Crippen molar-refractivity contribution in [2.24, 2.45) is 11.8 Å². The second-order valence-corrected chi connectivity index (χ2v) is 5.83. The second kappa shape index (κ2) is 11.5. The molecule has 0 aliphatic heterocycles. The molecule has 0 spiro atoms. The van der Waals surface area contributed by atoms with Crippen molar-refractivity contribution in [3.63, 3.8) is 0 Å². The van der Waals surface area contributed by atoms with Gasteiger partial charge in [0.15, 0.2) is 0 Å². The summed E-state index contributed by atoms with van der Waals surface area (Å²) in [5, 5.41) is 0. The van der Waals surface area contributed by atoms with Gasteiger partial charge in [-0.15, -0.1) is 0 Å². The maximum atomic E-state index is 11.5. The molecule has 0 amide bonds. The van der Waals surface area contributed by atoms with Gasteiger partial charge in [-0.05, 0) is 31.6 Å². The predicted octanol–water partition coefficient (Wildman–Crippen LogP) is 2.96. The van der Waals surface area contributed by atoms with Crippen LogP contribution in [0.3, 0.4) is 0 Å². The highest BCUT2D eigenvalue weighted by Gasteiger charge is 2.15. The second-order valence-electron chi connectivity index (χ2n) is 5.83. The molecule has 2 unspecified atom stereocenters. The first-order valence-corrected chi connectivity index (χ1v) is 7.79. The van der Waals surface area contributed by atoms with Gasteiger partial charge in [-0.25, -0.2) is 9.59 Å². The van der Waals surface area contributed by atoms with Gasteiger partial charge in [0.1, 0.15) is 19.3 Å². The van der Waals surface area contributed by atoms with Gasteiger partial charge in [-0.1, -0.05) is 34.1 Å². The van der Waals surface area contributed by atoms with Crippen LogP contribution < -0.4 is 0 Å². The van der Waals surface area contributed by atoms with Gasteiger partial charge in [0.2, 0.25) is 0 Å². The smallest absolute Gasteiger partial charge is 0.332 e. The SMILES string of the molecule is CCC(C)C(C)OC(=O)COCC(=O)OCCCC(C)C. The maximum absolute atomic E-state index is 11.5. The molecule has 0 aromatic heterocycles. The molecule has 2 atom stereocenters. The zero-order valence-corrected chi connectivity index (χ0v) is 14.0. The van der Waals surface area contributed by atoms with Crippen molar-refractivity contribution < 1.29 is 23.8 Å². The van der Waals surface area contributed by atoms with Crippen LogP contribution in [-0.2, 0) is 23.8 Å². The molecule has 124 valence electrons. The van der Waals surface area contributed by atoms with Gasteiger partial charge in [0.05, 0.1) is 6.61 Å². The lowest BCUT2D eigenvalue weighted by atomic mass is 10.0. The van der Waals surface area contributed by atoms with Gasteiger partial charge in [-0.2, -0.15) is 0 Å². The highest BCUT2D eigenvalue weighted by atomic mass is 16.6. The lowest BCUT2D eigenvalue weighted by Gasteiger charge is -2.18. The van der Waals surface area contributed by atoms with E-state index < -0.39 is 11.9 Å². The first-order valence-electron chi connectivity index (χ1n) is 7.79. The van der Waals surface area contributed by atoms with Crippen LogP contribution >= 0.6 is 0 Å². The molecule has 0 aliphatic carbocycles. The first kappa shape index (κ1) is 19.9. The predicted molar refractivity (Wildman–Crippen MR) is 80.9 cm³/mol. The van der Waals surface area contributed by atoms with E-state index in [1.165, 1.54) is 0 Å². The molecular weight excluding hydrogens is 272 g/mol. The summed E-state index contributed by atoms with van der Waals surface area (Å²) in [6.07, 6.45) is 2.66. The average Bonchev–Trinajstić information content (AvgIpc) is 2.42. The van der Waals surface area contributed by atoms with E-state index in [4.69, 9.17) is 14.2 Å². The van der Waals surface area contributed by atoms with Crippen LogP contribution in [0.1, 0.15) is 53.9 Å². The van der Waals surface area contributed by atoms with Crippen molar-refractivity contribution in [1.29, 1.82) is 0 Å². The van der Waals surface area contributed by atoms with E-state index >= 15 is 0 Å². The molecule has 0 aromatic carbocycles. The lowest BCUT2D eigenvalue weighted by molar-refractivity contribution is -0.159. The third kappa shape index (κ3) is 11.3. The third-order valence-electron chi connectivity index (χ3n) is 3.39. The molecule has 5 nitrogen and oxygen atoms in total. The monoisotopic (exact) mass is 302 g/mol. The summed E-state index contributed by atoms with van der Waals surface area (Å²) >= 11 is 0. The van der Waals surface area contributed by atoms with E-state index in [9.17, 15) is 9.59 Å². The fourth-order valence-electron chi connectivity index (χ4n) is 1.63. The molecule has 0 fully saturated rings. The summed E-state index contributed by atoms with van der Waals surface area (Å²) in [5.74, 6) is 0.0130. The van der Waals surface area contributed by atoms with Crippen LogP contribution in [0.2, 0.25) is 0 Å². The summed E-state index contributed by atoms with van der Waals surface area (Å²) in [5.41, 5.74) is 0. The Labute approximate surface area is 128 Å². The topological polar surface area (TPSA) is 61.8 Å². The third-order valence-corrected chi connectivity index (χ3v) is 3.39. The molecule has 0 saturated carbocycles. The number of rotatable bonds is 11. The first-order chi connectivity index (χ1) is 9.86. The minimum atomic E-state index is -0.449. The number of hydrogen-bond donors (Lipinski definition) is 0. The molecule has 0 heterocycles. The van der Waals surface area contributed by atoms with Gasteiger partial charge >= 0.3 is 11.9 Å². The summed E-state index contributed by atoms with van der Waals surface area (Å²) in [7, 11) is 0. The van der Waals surface area contributed by atoms with Gasteiger partial charge in [0.25, 0.3) is 0 Å².